The fraction of sp³-hybridized carbons (Fsp3) is 0.231. The second-order valence-electron chi connectivity index (χ2n) is 4.50. The Balaban J connectivity index is 1.99. The van der Waals surface area contributed by atoms with Crippen molar-refractivity contribution in [2.24, 2.45) is 0 Å². The molecule has 0 unspecified atom stereocenters. The van der Waals surface area contributed by atoms with Gasteiger partial charge in [-0.2, -0.15) is 0 Å². The van der Waals surface area contributed by atoms with Gasteiger partial charge in [0.05, 0.1) is 18.3 Å². The SMILES string of the molecule is Cc1ccc(O)c(C(=O)NCc2cn(CC(=O)O)nn2)c1. The van der Waals surface area contributed by atoms with Gasteiger partial charge in [0, 0.05) is 0 Å². The van der Waals surface area contributed by atoms with E-state index in [0.717, 1.165) is 10.2 Å². The minimum Gasteiger partial charge on any atom is -0.507 e. The maximum Gasteiger partial charge on any atom is 0.325 e. The van der Waals surface area contributed by atoms with Gasteiger partial charge in [0.2, 0.25) is 0 Å². The van der Waals surface area contributed by atoms with Crippen LogP contribution in [0.15, 0.2) is 24.4 Å². The first-order valence-electron chi connectivity index (χ1n) is 6.14. The number of amides is 1. The van der Waals surface area contributed by atoms with Crippen molar-refractivity contribution in [3.8, 4) is 5.75 Å². The van der Waals surface area contributed by atoms with Gasteiger partial charge >= 0.3 is 5.97 Å². The number of phenols is 1. The van der Waals surface area contributed by atoms with Crippen LogP contribution in [0.25, 0.3) is 0 Å². The van der Waals surface area contributed by atoms with Crippen LogP contribution < -0.4 is 5.32 Å². The smallest absolute Gasteiger partial charge is 0.325 e. The van der Waals surface area contributed by atoms with E-state index in [1.165, 1.54) is 12.3 Å². The molecule has 0 atom stereocenters. The molecule has 1 aromatic carbocycles. The number of nitrogens with zero attached hydrogens (tertiary/aromatic N) is 3. The van der Waals surface area contributed by atoms with Crippen LogP contribution in [0.4, 0.5) is 0 Å². The van der Waals surface area contributed by atoms with Gasteiger partial charge in [-0.15, -0.1) is 5.10 Å². The molecule has 1 amide bonds. The molecule has 0 spiro atoms. The van der Waals surface area contributed by atoms with Crippen molar-refractivity contribution >= 4 is 11.9 Å². The minimum absolute atomic E-state index is 0.0891. The van der Waals surface area contributed by atoms with Crippen molar-refractivity contribution < 1.29 is 19.8 Å². The number of carbonyl (C=O) groups is 2. The lowest BCUT2D eigenvalue weighted by Gasteiger charge is -2.06. The average molecular weight is 290 g/mol. The number of carbonyl (C=O) groups excluding carboxylic acids is 1. The van der Waals surface area contributed by atoms with Crippen molar-refractivity contribution in [1.29, 1.82) is 0 Å². The molecular formula is C13H14N4O4. The molecule has 0 saturated heterocycles. The zero-order chi connectivity index (χ0) is 15.4. The van der Waals surface area contributed by atoms with Crippen LogP contribution in [0.5, 0.6) is 5.75 Å². The first-order chi connectivity index (χ1) is 9.95. The van der Waals surface area contributed by atoms with E-state index < -0.39 is 11.9 Å². The summed E-state index contributed by atoms with van der Waals surface area (Å²) in [4.78, 5) is 22.5. The van der Waals surface area contributed by atoms with Crippen LogP contribution in [0.3, 0.4) is 0 Å². The summed E-state index contributed by atoms with van der Waals surface area (Å²) in [6.07, 6.45) is 1.44. The lowest BCUT2D eigenvalue weighted by molar-refractivity contribution is -0.137. The normalized spacial score (nSPS) is 10.3. The summed E-state index contributed by atoms with van der Waals surface area (Å²) >= 11 is 0. The Labute approximate surface area is 120 Å². The first-order valence-corrected chi connectivity index (χ1v) is 6.14. The quantitative estimate of drug-likeness (QED) is 0.729. The molecule has 3 N–H and O–H groups in total. The molecule has 1 aromatic heterocycles. The number of phenolic OH excluding ortho intramolecular Hbond substituents is 1. The zero-order valence-electron chi connectivity index (χ0n) is 11.3. The Morgan fingerprint density at radius 1 is 1.38 bits per heavy atom. The topological polar surface area (TPSA) is 117 Å². The second kappa shape index (κ2) is 6.04. The van der Waals surface area contributed by atoms with Crippen molar-refractivity contribution in [3.05, 3.63) is 41.2 Å². The Hall–Kier alpha value is -2.90. The Morgan fingerprint density at radius 3 is 2.86 bits per heavy atom. The van der Waals surface area contributed by atoms with Gasteiger partial charge in [-0.3, -0.25) is 9.59 Å². The molecule has 0 aliphatic carbocycles. The lowest BCUT2D eigenvalue weighted by Crippen LogP contribution is -2.23. The van der Waals surface area contributed by atoms with Crippen molar-refractivity contribution in [3.63, 3.8) is 0 Å². The molecule has 0 saturated carbocycles. The van der Waals surface area contributed by atoms with Gasteiger partial charge in [0.1, 0.15) is 18.0 Å². The summed E-state index contributed by atoms with van der Waals surface area (Å²) in [5.41, 5.74) is 1.45. The van der Waals surface area contributed by atoms with Gasteiger partial charge < -0.3 is 15.5 Å². The molecule has 0 bridgehead atoms. The number of aliphatic carboxylic acids is 1. The molecule has 8 nitrogen and oxygen atoms in total. The predicted octanol–water partition coefficient (Wildman–Crippen LogP) is 0.307. The average Bonchev–Trinajstić information content (AvgIpc) is 2.85. The van der Waals surface area contributed by atoms with E-state index in [1.807, 2.05) is 6.92 Å². The van der Waals surface area contributed by atoms with E-state index in [-0.39, 0.29) is 24.4 Å². The Bertz CT molecular complexity index is 681. The van der Waals surface area contributed by atoms with Crippen LogP contribution >= 0.6 is 0 Å². The molecular weight excluding hydrogens is 276 g/mol. The fourth-order valence-corrected chi connectivity index (χ4v) is 1.73. The maximum atomic E-state index is 12.0. The van der Waals surface area contributed by atoms with E-state index in [4.69, 9.17) is 5.11 Å². The number of hydrogen-bond donors (Lipinski definition) is 3. The highest BCUT2D eigenvalue weighted by Gasteiger charge is 2.12. The van der Waals surface area contributed by atoms with E-state index in [2.05, 4.69) is 15.6 Å². The van der Waals surface area contributed by atoms with E-state index in [9.17, 15) is 14.7 Å². The highest BCUT2D eigenvalue weighted by atomic mass is 16.4. The Morgan fingerprint density at radius 2 is 2.14 bits per heavy atom. The summed E-state index contributed by atoms with van der Waals surface area (Å²) in [5.74, 6) is -1.57. The van der Waals surface area contributed by atoms with E-state index in [1.54, 1.807) is 12.1 Å². The van der Waals surface area contributed by atoms with Crippen molar-refractivity contribution in [2.75, 3.05) is 0 Å². The highest BCUT2D eigenvalue weighted by Crippen LogP contribution is 2.17. The first kappa shape index (κ1) is 14.5. The number of aryl methyl sites for hydroxylation is 1. The summed E-state index contributed by atoms with van der Waals surface area (Å²) in [6, 6.07) is 4.73. The minimum atomic E-state index is -1.03. The Kier molecular flexibility index (Phi) is 4.17. The van der Waals surface area contributed by atoms with Crippen LogP contribution in [0.2, 0.25) is 0 Å². The van der Waals surface area contributed by atoms with Gasteiger partial charge in [-0.05, 0) is 19.1 Å². The monoisotopic (exact) mass is 290 g/mol. The number of aromatic hydroxyl groups is 1. The fourth-order valence-electron chi connectivity index (χ4n) is 1.73. The van der Waals surface area contributed by atoms with E-state index >= 15 is 0 Å². The molecule has 21 heavy (non-hydrogen) atoms. The summed E-state index contributed by atoms with van der Waals surface area (Å²) < 4.78 is 1.16. The van der Waals surface area contributed by atoms with Crippen molar-refractivity contribution in [2.45, 2.75) is 20.0 Å². The molecule has 8 heteroatoms. The summed E-state index contributed by atoms with van der Waals surface area (Å²) in [5, 5.41) is 28.2. The largest absolute Gasteiger partial charge is 0.507 e. The predicted molar refractivity (Wildman–Crippen MR) is 71.7 cm³/mol. The van der Waals surface area contributed by atoms with Gasteiger partial charge in [-0.25, -0.2) is 4.68 Å². The van der Waals surface area contributed by atoms with Crippen LogP contribution in [-0.4, -0.2) is 37.1 Å². The molecule has 0 aliphatic heterocycles. The third kappa shape index (κ3) is 3.78. The lowest BCUT2D eigenvalue weighted by atomic mass is 10.1. The number of carboxylic acid groups (broad SMARTS) is 1. The number of carboxylic acids is 1. The zero-order valence-corrected chi connectivity index (χ0v) is 11.3. The summed E-state index contributed by atoms with van der Waals surface area (Å²) in [6.45, 7) is 1.61. The molecule has 110 valence electrons. The summed E-state index contributed by atoms with van der Waals surface area (Å²) in [7, 11) is 0. The van der Waals surface area contributed by atoms with Gasteiger partial charge in [0.15, 0.2) is 0 Å². The standard InChI is InChI=1S/C13H14N4O4/c1-8-2-3-11(18)10(4-8)13(21)14-5-9-6-17(16-15-9)7-12(19)20/h2-4,6,18H,5,7H2,1H3,(H,14,21)(H,19,20). The van der Waals surface area contributed by atoms with Crippen LogP contribution in [0, 0.1) is 6.92 Å². The molecule has 2 rings (SSSR count). The van der Waals surface area contributed by atoms with Crippen LogP contribution in [0.1, 0.15) is 21.6 Å². The third-order valence-corrected chi connectivity index (χ3v) is 2.71. The highest BCUT2D eigenvalue weighted by molar-refractivity contribution is 5.96. The van der Waals surface area contributed by atoms with Crippen molar-refractivity contribution in [1.82, 2.24) is 20.3 Å². The number of benzene rings is 1. The van der Waals surface area contributed by atoms with Gasteiger partial charge in [-0.1, -0.05) is 16.8 Å². The molecule has 0 fully saturated rings. The molecule has 0 aliphatic rings. The molecule has 0 radical (unpaired) electrons. The maximum absolute atomic E-state index is 12.0. The van der Waals surface area contributed by atoms with E-state index in [0.29, 0.717) is 5.69 Å². The number of nitrogens with one attached hydrogen (secondary N) is 1. The van der Waals surface area contributed by atoms with Crippen LogP contribution in [-0.2, 0) is 17.9 Å². The molecule has 1 heterocycles. The van der Waals surface area contributed by atoms with Gasteiger partial charge in [0.25, 0.3) is 5.91 Å². The third-order valence-electron chi connectivity index (χ3n) is 2.71. The molecule has 2 aromatic rings. The second-order valence-corrected chi connectivity index (χ2v) is 4.50. The number of aromatic nitrogens is 3. The number of rotatable bonds is 5. The number of hydrogen-bond acceptors (Lipinski definition) is 5.